The third-order valence-corrected chi connectivity index (χ3v) is 5.25. The van der Waals surface area contributed by atoms with Gasteiger partial charge in [0.05, 0.1) is 0 Å². The van der Waals surface area contributed by atoms with Gasteiger partial charge >= 0.3 is 6.09 Å². The molecule has 0 aliphatic heterocycles. The van der Waals surface area contributed by atoms with Crippen molar-refractivity contribution in [3.8, 4) is 0 Å². The Morgan fingerprint density at radius 3 is 1.24 bits per heavy atom. The van der Waals surface area contributed by atoms with Gasteiger partial charge in [0, 0.05) is 13.1 Å². The molecule has 0 fully saturated rings. The third kappa shape index (κ3) is 27.2. The van der Waals surface area contributed by atoms with Crippen molar-refractivity contribution in [2.75, 3.05) is 26.2 Å². The van der Waals surface area contributed by atoms with E-state index in [2.05, 4.69) is 33.0 Å². The molecule has 0 aliphatic carbocycles. The maximum Gasteiger partial charge on any atom is 0.407 e. The van der Waals surface area contributed by atoms with Gasteiger partial charge in [-0.2, -0.15) is 0 Å². The van der Waals surface area contributed by atoms with Gasteiger partial charge in [-0.05, 0) is 38.8 Å². The zero-order chi connectivity index (χ0) is 22.0. The number of hydrogen-bond acceptors (Lipinski definition) is 2. The van der Waals surface area contributed by atoms with E-state index in [4.69, 9.17) is 5.11 Å². The molecule has 0 aliphatic rings. The summed E-state index contributed by atoms with van der Waals surface area (Å²) in [6, 6.07) is 0. The maximum absolute atomic E-state index is 11.0. The molecule has 176 valence electrons. The molecule has 0 unspecified atom stereocenters. The number of rotatable bonds is 20. The Balaban J connectivity index is 0. The first-order chi connectivity index (χ1) is 14.1. The van der Waals surface area contributed by atoms with Crippen molar-refractivity contribution < 1.29 is 9.90 Å². The lowest BCUT2D eigenvalue weighted by Crippen LogP contribution is -2.31. The van der Waals surface area contributed by atoms with Crippen LogP contribution in [0.5, 0.6) is 0 Å². The Kier molecular flexibility index (Phi) is 28.6. The highest BCUT2D eigenvalue weighted by atomic mass is 16.4. The van der Waals surface area contributed by atoms with Crippen molar-refractivity contribution in [2.24, 2.45) is 0 Å². The molecule has 0 aromatic carbocycles. The number of unbranched alkanes of at least 4 members (excludes halogenated alkanes) is 12. The number of carbonyl (C=O) groups is 1. The minimum Gasteiger partial charge on any atom is -0.465 e. The van der Waals surface area contributed by atoms with Crippen molar-refractivity contribution in [3.05, 3.63) is 0 Å². The summed E-state index contributed by atoms with van der Waals surface area (Å²) >= 11 is 0. The third-order valence-electron chi connectivity index (χ3n) is 5.25. The van der Waals surface area contributed by atoms with Gasteiger partial charge < -0.3 is 15.3 Å². The molecular weight excluding hydrogens is 360 g/mol. The van der Waals surface area contributed by atoms with Crippen molar-refractivity contribution in [1.29, 1.82) is 0 Å². The fourth-order valence-electron chi connectivity index (χ4n) is 3.24. The number of hydrogen-bond donors (Lipinski definition) is 2. The number of amides is 1. The van der Waals surface area contributed by atoms with E-state index in [1.165, 1.54) is 90.1 Å². The summed E-state index contributed by atoms with van der Waals surface area (Å²) < 4.78 is 0. The van der Waals surface area contributed by atoms with Crippen LogP contribution in [0.1, 0.15) is 130 Å². The van der Waals surface area contributed by atoms with Crippen LogP contribution in [0.3, 0.4) is 0 Å². The molecule has 0 aromatic rings. The van der Waals surface area contributed by atoms with Gasteiger partial charge in [0.25, 0.3) is 0 Å². The predicted octanol–water partition coefficient (Wildman–Crippen LogP) is 7.86. The zero-order valence-corrected chi connectivity index (χ0v) is 20.4. The fraction of sp³-hybridized carbons (Fsp3) is 0.960. The van der Waals surface area contributed by atoms with E-state index >= 15 is 0 Å². The first-order valence-electron chi connectivity index (χ1n) is 12.8. The molecule has 0 saturated heterocycles. The van der Waals surface area contributed by atoms with Gasteiger partial charge in [0.15, 0.2) is 0 Å². The minimum absolute atomic E-state index is 0.710. The Morgan fingerprint density at radius 2 is 0.931 bits per heavy atom. The number of carboxylic acid groups (broad SMARTS) is 1. The van der Waals surface area contributed by atoms with Crippen LogP contribution >= 0.6 is 0 Å². The van der Waals surface area contributed by atoms with E-state index in [1.807, 2.05) is 0 Å². The molecule has 0 rings (SSSR count). The van der Waals surface area contributed by atoms with Crippen LogP contribution in [0.15, 0.2) is 0 Å². The SMILES string of the molecule is CCCCCCN(CCCCCC)C(=O)O.CCCCCCNCCCCCC. The second-order valence-electron chi connectivity index (χ2n) is 8.26. The van der Waals surface area contributed by atoms with E-state index in [1.54, 1.807) is 4.90 Å². The highest BCUT2D eigenvalue weighted by Gasteiger charge is 2.09. The lowest BCUT2D eigenvalue weighted by molar-refractivity contribution is 0.143. The van der Waals surface area contributed by atoms with E-state index in [0.717, 1.165) is 25.7 Å². The molecule has 0 aromatic heterocycles. The topological polar surface area (TPSA) is 52.6 Å². The largest absolute Gasteiger partial charge is 0.465 e. The molecule has 0 bridgehead atoms. The summed E-state index contributed by atoms with van der Waals surface area (Å²) in [4.78, 5) is 12.5. The second kappa shape index (κ2) is 27.2. The van der Waals surface area contributed by atoms with Gasteiger partial charge in [0.1, 0.15) is 0 Å². The van der Waals surface area contributed by atoms with E-state index in [-0.39, 0.29) is 0 Å². The average molecular weight is 415 g/mol. The van der Waals surface area contributed by atoms with E-state index < -0.39 is 6.09 Å². The minimum atomic E-state index is -0.756. The lowest BCUT2D eigenvalue weighted by atomic mass is 10.2. The lowest BCUT2D eigenvalue weighted by Gasteiger charge is -2.18. The van der Waals surface area contributed by atoms with Crippen LogP contribution in [-0.2, 0) is 0 Å². The van der Waals surface area contributed by atoms with Crippen molar-refractivity contribution >= 4 is 6.09 Å². The molecule has 29 heavy (non-hydrogen) atoms. The Hall–Kier alpha value is -0.770. The van der Waals surface area contributed by atoms with Gasteiger partial charge in [-0.25, -0.2) is 4.79 Å². The summed E-state index contributed by atoms with van der Waals surface area (Å²) in [5, 5.41) is 12.5. The highest BCUT2D eigenvalue weighted by Crippen LogP contribution is 2.05. The number of nitrogens with one attached hydrogen (secondary N) is 1. The molecule has 1 amide bonds. The summed E-state index contributed by atoms with van der Waals surface area (Å²) in [5.41, 5.74) is 0. The molecule has 0 radical (unpaired) electrons. The molecule has 2 N–H and O–H groups in total. The van der Waals surface area contributed by atoms with Gasteiger partial charge in [0.2, 0.25) is 0 Å². The zero-order valence-electron chi connectivity index (χ0n) is 20.4. The van der Waals surface area contributed by atoms with Gasteiger partial charge in [-0.1, -0.05) is 105 Å². The predicted molar refractivity (Wildman–Crippen MR) is 129 cm³/mol. The fourth-order valence-corrected chi connectivity index (χ4v) is 3.24. The van der Waals surface area contributed by atoms with E-state index in [9.17, 15) is 4.79 Å². The van der Waals surface area contributed by atoms with Crippen LogP contribution in [-0.4, -0.2) is 42.3 Å². The first kappa shape index (κ1) is 30.4. The van der Waals surface area contributed by atoms with Gasteiger partial charge in [-0.3, -0.25) is 0 Å². The molecule has 4 nitrogen and oxygen atoms in total. The molecule has 0 spiro atoms. The standard InChI is InChI=1S/C13H27NO2.C12H27N/c1-3-5-7-9-11-14(13(15)16)12-10-8-6-4-2;1-3-5-7-9-11-13-12-10-8-6-4-2/h3-12H2,1-2H3,(H,15,16);13H,3-12H2,1-2H3. The smallest absolute Gasteiger partial charge is 0.407 e. The summed E-state index contributed by atoms with van der Waals surface area (Å²) in [6.45, 7) is 12.7. The molecule has 0 atom stereocenters. The Bertz CT molecular complexity index is 289. The van der Waals surface area contributed by atoms with Crippen LogP contribution < -0.4 is 5.32 Å². The van der Waals surface area contributed by atoms with Crippen molar-refractivity contribution in [3.63, 3.8) is 0 Å². The summed E-state index contributed by atoms with van der Waals surface area (Å²) in [7, 11) is 0. The Labute approximate surface area is 183 Å². The van der Waals surface area contributed by atoms with Crippen LogP contribution in [0.4, 0.5) is 4.79 Å². The van der Waals surface area contributed by atoms with Crippen molar-refractivity contribution in [1.82, 2.24) is 10.2 Å². The Morgan fingerprint density at radius 1 is 0.586 bits per heavy atom. The average Bonchev–Trinajstić information content (AvgIpc) is 2.71. The normalized spacial score (nSPS) is 10.5. The van der Waals surface area contributed by atoms with Crippen LogP contribution in [0.2, 0.25) is 0 Å². The highest BCUT2D eigenvalue weighted by molar-refractivity contribution is 5.64. The first-order valence-corrected chi connectivity index (χ1v) is 12.8. The molecular formula is C25H54N2O2. The number of nitrogens with zero attached hydrogens (tertiary/aromatic N) is 1. The van der Waals surface area contributed by atoms with Crippen LogP contribution in [0, 0.1) is 0 Å². The second-order valence-corrected chi connectivity index (χ2v) is 8.26. The van der Waals surface area contributed by atoms with Crippen LogP contribution in [0.25, 0.3) is 0 Å². The maximum atomic E-state index is 11.0. The molecule has 0 heterocycles. The van der Waals surface area contributed by atoms with Crippen molar-refractivity contribution in [2.45, 2.75) is 130 Å². The molecule has 4 heteroatoms. The quantitative estimate of drug-likeness (QED) is 0.199. The monoisotopic (exact) mass is 414 g/mol. The van der Waals surface area contributed by atoms with E-state index in [0.29, 0.717) is 13.1 Å². The molecule has 0 saturated carbocycles. The van der Waals surface area contributed by atoms with Gasteiger partial charge in [-0.15, -0.1) is 0 Å². The summed E-state index contributed by atoms with van der Waals surface area (Å²) in [5.74, 6) is 0. The summed E-state index contributed by atoms with van der Waals surface area (Å²) in [6.07, 6.45) is 19.4.